The molecule has 1 N–H and O–H groups in total. The molecule has 0 saturated carbocycles. The van der Waals surface area contributed by atoms with E-state index in [0.717, 1.165) is 5.56 Å². The first-order valence-corrected chi connectivity index (χ1v) is 7.02. The molecule has 0 amide bonds. The minimum Gasteiger partial charge on any atom is -0.464 e. The zero-order chi connectivity index (χ0) is 14.0. The molecule has 2 aromatic rings. The van der Waals surface area contributed by atoms with Gasteiger partial charge in [0.05, 0.1) is 16.9 Å². The van der Waals surface area contributed by atoms with Crippen LogP contribution in [-0.4, -0.2) is 26.5 Å². The van der Waals surface area contributed by atoms with Crippen LogP contribution in [-0.2, 0) is 14.6 Å². The van der Waals surface area contributed by atoms with Crippen molar-refractivity contribution < 1.29 is 17.9 Å². The number of ether oxygens (including phenoxy) is 1. The zero-order valence-corrected chi connectivity index (χ0v) is 11.3. The fourth-order valence-electron chi connectivity index (χ4n) is 1.61. The number of benzene rings is 1. The molecule has 1 aromatic carbocycles. The molecule has 100 valence electrons. The molecule has 0 fully saturated rings. The Labute approximate surface area is 111 Å². The van der Waals surface area contributed by atoms with E-state index in [4.69, 9.17) is 0 Å². The molecule has 0 atom stereocenters. The van der Waals surface area contributed by atoms with Crippen molar-refractivity contribution in [2.45, 2.75) is 16.7 Å². The number of sulfone groups is 1. The van der Waals surface area contributed by atoms with E-state index in [1.54, 1.807) is 12.1 Å². The lowest BCUT2D eigenvalue weighted by atomic mass is 10.2. The quantitative estimate of drug-likeness (QED) is 0.871. The third-order valence-electron chi connectivity index (χ3n) is 2.70. The maximum Gasteiger partial charge on any atom is 0.354 e. The van der Waals surface area contributed by atoms with Gasteiger partial charge in [-0.1, -0.05) is 17.7 Å². The number of hydrogen-bond donors (Lipinski definition) is 1. The van der Waals surface area contributed by atoms with Gasteiger partial charge in [-0.2, -0.15) is 0 Å². The summed E-state index contributed by atoms with van der Waals surface area (Å²) in [7, 11) is -2.38. The fraction of sp³-hybridized carbons (Fsp3) is 0.154. The van der Waals surface area contributed by atoms with Gasteiger partial charge in [0, 0.05) is 6.20 Å². The van der Waals surface area contributed by atoms with Crippen LogP contribution < -0.4 is 0 Å². The van der Waals surface area contributed by atoms with Gasteiger partial charge in [0.1, 0.15) is 5.69 Å². The average Bonchev–Trinajstić information content (AvgIpc) is 2.88. The number of aryl methyl sites for hydroxylation is 1. The van der Waals surface area contributed by atoms with Crippen LogP contribution in [0.15, 0.2) is 46.3 Å². The molecular formula is C13H13NO4S. The van der Waals surface area contributed by atoms with Crippen molar-refractivity contribution in [3.8, 4) is 0 Å². The summed E-state index contributed by atoms with van der Waals surface area (Å²) >= 11 is 0. The van der Waals surface area contributed by atoms with Gasteiger partial charge in [-0.05, 0) is 25.1 Å². The summed E-state index contributed by atoms with van der Waals surface area (Å²) in [6, 6.07) is 7.79. The van der Waals surface area contributed by atoms with Crippen molar-refractivity contribution in [2.75, 3.05) is 7.11 Å². The van der Waals surface area contributed by atoms with Crippen LogP contribution in [0.3, 0.4) is 0 Å². The van der Waals surface area contributed by atoms with Crippen molar-refractivity contribution in [3.05, 3.63) is 47.8 Å². The van der Waals surface area contributed by atoms with Crippen molar-refractivity contribution in [3.63, 3.8) is 0 Å². The Hall–Kier alpha value is -2.08. The lowest BCUT2D eigenvalue weighted by Crippen LogP contribution is -2.02. The standard InChI is InChI=1S/C13H13NO4S/c1-9-3-5-10(6-4-9)19(16,17)11-7-12(14-8-11)13(15)18-2/h3-8,14H,1-2H3. The highest BCUT2D eigenvalue weighted by Crippen LogP contribution is 2.22. The monoisotopic (exact) mass is 279 g/mol. The number of H-pyrrole nitrogens is 1. The molecule has 0 aliphatic heterocycles. The molecule has 0 unspecified atom stereocenters. The first-order valence-electron chi connectivity index (χ1n) is 5.53. The van der Waals surface area contributed by atoms with E-state index in [9.17, 15) is 13.2 Å². The lowest BCUT2D eigenvalue weighted by molar-refractivity contribution is 0.0595. The molecule has 0 aliphatic carbocycles. The third kappa shape index (κ3) is 2.53. The molecule has 19 heavy (non-hydrogen) atoms. The molecule has 0 saturated heterocycles. The van der Waals surface area contributed by atoms with Gasteiger partial charge in [0.15, 0.2) is 0 Å². The van der Waals surface area contributed by atoms with E-state index in [1.165, 1.54) is 31.5 Å². The molecular weight excluding hydrogens is 266 g/mol. The molecule has 0 aliphatic rings. The van der Waals surface area contributed by atoms with E-state index < -0.39 is 15.8 Å². The van der Waals surface area contributed by atoms with Gasteiger partial charge in [-0.15, -0.1) is 0 Å². The molecule has 1 heterocycles. The second kappa shape index (κ2) is 4.89. The Morgan fingerprint density at radius 1 is 1.16 bits per heavy atom. The van der Waals surface area contributed by atoms with E-state index in [2.05, 4.69) is 9.72 Å². The minimum absolute atomic E-state index is 0.0387. The van der Waals surface area contributed by atoms with E-state index in [0.29, 0.717) is 0 Å². The predicted molar refractivity (Wildman–Crippen MR) is 68.8 cm³/mol. The Balaban J connectivity index is 2.42. The Kier molecular flexibility index (Phi) is 3.44. The van der Waals surface area contributed by atoms with E-state index in [1.807, 2.05) is 6.92 Å². The van der Waals surface area contributed by atoms with E-state index in [-0.39, 0.29) is 15.5 Å². The van der Waals surface area contributed by atoms with Crippen LogP contribution in [0.2, 0.25) is 0 Å². The highest BCUT2D eigenvalue weighted by molar-refractivity contribution is 7.91. The largest absolute Gasteiger partial charge is 0.464 e. The Morgan fingerprint density at radius 2 is 1.79 bits per heavy atom. The maximum atomic E-state index is 12.3. The van der Waals surface area contributed by atoms with Gasteiger partial charge >= 0.3 is 5.97 Å². The van der Waals surface area contributed by atoms with E-state index >= 15 is 0 Å². The summed E-state index contributed by atoms with van der Waals surface area (Å²) in [5, 5.41) is 0. The number of rotatable bonds is 3. The number of carbonyl (C=O) groups excluding carboxylic acids is 1. The van der Waals surface area contributed by atoms with Crippen molar-refractivity contribution in [1.29, 1.82) is 0 Å². The summed E-state index contributed by atoms with van der Waals surface area (Å²) in [5.41, 5.74) is 1.08. The average molecular weight is 279 g/mol. The first-order chi connectivity index (χ1) is 8.95. The van der Waals surface area contributed by atoms with Gasteiger partial charge in [-0.25, -0.2) is 13.2 Å². The molecule has 6 heteroatoms. The molecule has 2 rings (SSSR count). The second-order valence-corrected chi connectivity index (χ2v) is 6.01. The number of methoxy groups -OCH3 is 1. The minimum atomic E-state index is -3.62. The van der Waals surface area contributed by atoms with Gasteiger partial charge in [0.2, 0.25) is 9.84 Å². The number of carbonyl (C=O) groups is 1. The second-order valence-electron chi connectivity index (χ2n) is 4.06. The van der Waals surface area contributed by atoms with Crippen molar-refractivity contribution in [2.24, 2.45) is 0 Å². The first kappa shape index (κ1) is 13.4. The molecule has 1 aromatic heterocycles. The van der Waals surface area contributed by atoms with Gasteiger partial charge in [-0.3, -0.25) is 0 Å². The summed E-state index contributed by atoms with van der Waals surface area (Å²) in [5.74, 6) is -0.606. The fourth-order valence-corrected chi connectivity index (χ4v) is 2.86. The third-order valence-corrected chi connectivity index (χ3v) is 4.45. The number of esters is 1. The highest BCUT2D eigenvalue weighted by atomic mass is 32.2. The summed E-state index contributed by atoms with van der Waals surface area (Å²) < 4.78 is 29.1. The summed E-state index contributed by atoms with van der Waals surface area (Å²) in [6.45, 7) is 1.88. The molecule has 0 spiro atoms. The maximum absolute atomic E-state index is 12.3. The zero-order valence-electron chi connectivity index (χ0n) is 10.5. The highest BCUT2D eigenvalue weighted by Gasteiger charge is 2.20. The Morgan fingerprint density at radius 3 is 2.37 bits per heavy atom. The topological polar surface area (TPSA) is 76.2 Å². The van der Waals surface area contributed by atoms with Crippen LogP contribution >= 0.6 is 0 Å². The van der Waals surface area contributed by atoms with Crippen molar-refractivity contribution >= 4 is 15.8 Å². The van der Waals surface area contributed by atoms with Gasteiger partial charge in [0.25, 0.3) is 0 Å². The normalized spacial score (nSPS) is 11.3. The van der Waals surface area contributed by atoms with Crippen LogP contribution in [0.1, 0.15) is 16.1 Å². The number of hydrogen-bond acceptors (Lipinski definition) is 4. The van der Waals surface area contributed by atoms with Crippen LogP contribution in [0, 0.1) is 6.92 Å². The van der Waals surface area contributed by atoms with Crippen LogP contribution in [0.5, 0.6) is 0 Å². The predicted octanol–water partition coefficient (Wildman–Crippen LogP) is 1.94. The lowest BCUT2D eigenvalue weighted by Gasteiger charge is -2.02. The van der Waals surface area contributed by atoms with Gasteiger partial charge < -0.3 is 9.72 Å². The SMILES string of the molecule is COC(=O)c1cc(S(=O)(=O)c2ccc(C)cc2)c[nH]1. The number of nitrogens with one attached hydrogen (secondary N) is 1. The van der Waals surface area contributed by atoms with Crippen LogP contribution in [0.4, 0.5) is 0 Å². The number of aromatic amines is 1. The molecule has 5 nitrogen and oxygen atoms in total. The van der Waals surface area contributed by atoms with Crippen LogP contribution in [0.25, 0.3) is 0 Å². The molecule has 0 bridgehead atoms. The summed E-state index contributed by atoms with van der Waals surface area (Å²) in [4.78, 5) is 14.1. The van der Waals surface area contributed by atoms with Crippen molar-refractivity contribution in [1.82, 2.24) is 4.98 Å². The summed E-state index contributed by atoms with van der Waals surface area (Å²) in [6.07, 6.45) is 1.28. The smallest absolute Gasteiger partial charge is 0.354 e. The number of aromatic nitrogens is 1. The Bertz CT molecular complexity index is 698. The molecule has 0 radical (unpaired) electrons.